The lowest BCUT2D eigenvalue weighted by molar-refractivity contribution is -0.123. The van der Waals surface area contributed by atoms with Gasteiger partial charge in [0.1, 0.15) is 12.4 Å². The predicted molar refractivity (Wildman–Crippen MR) is 153 cm³/mol. The molecular weight excluding hydrogens is 668 g/mol. The van der Waals surface area contributed by atoms with E-state index in [0.29, 0.717) is 33.7 Å². The molecule has 0 aliphatic carbocycles. The Morgan fingerprint density at radius 3 is 2.61 bits per heavy atom. The molecule has 0 unspecified atom stereocenters. The van der Waals surface area contributed by atoms with Gasteiger partial charge in [0.25, 0.3) is 11.1 Å². The lowest BCUT2D eigenvalue weighted by atomic mass is 10.1. The van der Waals surface area contributed by atoms with Gasteiger partial charge in [-0.1, -0.05) is 29.3 Å². The minimum Gasteiger partial charge on any atom is -0.490 e. The molecule has 0 radical (unpaired) electrons. The summed E-state index contributed by atoms with van der Waals surface area (Å²) in [7, 11) is 1.23. The van der Waals surface area contributed by atoms with Gasteiger partial charge in [-0.25, -0.2) is 4.79 Å². The lowest BCUT2D eigenvalue weighted by Crippen LogP contribution is -2.27. The fourth-order valence-corrected chi connectivity index (χ4v) is 5.42. The van der Waals surface area contributed by atoms with Crippen LogP contribution in [0.2, 0.25) is 10.0 Å². The van der Waals surface area contributed by atoms with Gasteiger partial charge in [-0.05, 0) is 94.9 Å². The molecule has 0 bridgehead atoms. The molecule has 4 rings (SSSR count). The zero-order chi connectivity index (χ0) is 27.4. The van der Waals surface area contributed by atoms with E-state index in [1.54, 1.807) is 24.3 Å². The molecular formula is C26H20Cl2INO7S. The maximum Gasteiger partial charge on any atom is 0.373 e. The average molecular weight is 688 g/mol. The number of carbonyl (C=O) groups is 3. The molecule has 1 aliphatic heterocycles. The normalized spacial score (nSPS) is 14.3. The first-order valence-electron chi connectivity index (χ1n) is 11.2. The minimum absolute atomic E-state index is 0.00971. The van der Waals surface area contributed by atoms with Crippen molar-refractivity contribution in [2.24, 2.45) is 0 Å². The molecule has 8 nitrogen and oxygen atoms in total. The molecule has 3 aromatic rings. The van der Waals surface area contributed by atoms with Gasteiger partial charge in [-0.15, -0.1) is 0 Å². The molecule has 0 spiro atoms. The Morgan fingerprint density at radius 2 is 1.89 bits per heavy atom. The fraction of sp³-hybridized carbons (Fsp3) is 0.192. The van der Waals surface area contributed by atoms with Crippen LogP contribution in [-0.4, -0.2) is 35.7 Å². The van der Waals surface area contributed by atoms with Crippen molar-refractivity contribution in [2.75, 3.05) is 13.7 Å². The van der Waals surface area contributed by atoms with Crippen LogP contribution < -0.4 is 9.47 Å². The number of furan rings is 1. The number of benzene rings is 2. The number of amides is 2. The van der Waals surface area contributed by atoms with E-state index in [-0.39, 0.29) is 29.6 Å². The van der Waals surface area contributed by atoms with Crippen LogP contribution in [0.4, 0.5) is 4.79 Å². The van der Waals surface area contributed by atoms with Crippen molar-refractivity contribution in [3.63, 3.8) is 0 Å². The Balaban J connectivity index is 1.53. The summed E-state index contributed by atoms with van der Waals surface area (Å²) in [6, 6.07) is 11.8. The average Bonchev–Trinajstić information content (AvgIpc) is 3.46. The third-order valence-corrected chi connectivity index (χ3v) is 7.68. The predicted octanol–water partition coefficient (Wildman–Crippen LogP) is 7.19. The van der Waals surface area contributed by atoms with E-state index in [2.05, 4.69) is 27.3 Å². The first-order valence-corrected chi connectivity index (χ1v) is 13.8. The lowest BCUT2D eigenvalue weighted by Gasteiger charge is -2.15. The number of rotatable bonds is 9. The SMILES string of the molecule is CCOc1cc(/C=C2/SC(=O)N(Cc3ccc(C(=O)OC)o3)C2=O)cc(I)c1OCc1ccc(Cl)c(Cl)c1. The van der Waals surface area contributed by atoms with Crippen LogP contribution >= 0.6 is 57.6 Å². The minimum atomic E-state index is -0.644. The number of hydrogen-bond donors (Lipinski definition) is 0. The number of ether oxygens (including phenoxy) is 3. The fourth-order valence-electron chi connectivity index (χ4n) is 3.48. The quantitative estimate of drug-likeness (QED) is 0.133. The Hall–Kier alpha value is -2.67. The van der Waals surface area contributed by atoms with Gasteiger partial charge in [0.2, 0.25) is 5.76 Å². The van der Waals surface area contributed by atoms with Crippen molar-refractivity contribution in [3.05, 3.63) is 83.6 Å². The smallest absolute Gasteiger partial charge is 0.373 e. The van der Waals surface area contributed by atoms with Crippen molar-refractivity contribution < 1.29 is 33.0 Å². The number of hydrogen-bond acceptors (Lipinski definition) is 8. The summed E-state index contributed by atoms with van der Waals surface area (Å²) in [5, 5.41) is 0.454. The molecule has 1 saturated heterocycles. The monoisotopic (exact) mass is 687 g/mol. The first kappa shape index (κ1) is 28.3. The molecule has 12 heteroatoms. The van der Waals surface area contributed by atoms with Crippen molar-refractivity contribution in [1.82, 2.24) is 4.90 Å². The summed E-state index contributed by atoms with van der Waals surface area (Å²) in [6.07, 6.45) is 1.63. The number of esters is 1. The van der Waals surface area contributed by atoms with E-state index in [1.165, 1.54) is 19.2 Å². The van der Waals surface area contributed by atoms with Crippen LogP contribution in [0.3, 0.4) is 0 Å². The van der Waals surface area contributed by atoms with Crippen molar-refractivity contribution in [2.45, 2.75) is 20.1 Å². The molecule has 0 saturated carbocycles. The standard InChI is InChI=1S/C26H20Cl2INO7S/c1-3-35-21-10-15(9-19(29)23(21)36-13-14-4-6-17(27)18(28)8-14)11-22-24(31)30(26(33)38-22)12-16-5-7-20(37-16)25(32)34-2/h4-11H,3,12-13H2,1-2H3/b22-11+. The van der Waals surface area contributed by atoms with Gasteiger partial charge >= 0.3 is 5.97 Å². The molecule has 2 heterocycles. The Bertz CT molecular complexity index is 1440. The Morgan fingerprint density at radius 1 is 1.11 bits per heavy atom. The van der Waals surface area contributed by atoms with E-state index in [4.69, 9.17) is 37.1 Å². The van der Waals surface area contributed by atoms with Crippen LogP contribution in [-0.2, 0) is 22.7 Å². The van der Waals surface area contributed by atoms with E-state index in [9.17, 15) is 14.4 Å². The highest BCUT2D eigenvalue weighted by Crippen LogP contribution is 2.38. The Kier molecular flexibility index (Phi) is 9.29. The molecule has 1 aliphatic rings. The van der Waals surface area contributed by atoms with E-state index in [1.807, 2.05) is 19.1 Å². The van der Waals surface area contributed by atoms with Gasteiger partial charge < -0.3 is 18.6 Å². The maximum absolute atomic E-state index is 13.0. The molecule has 0 atom stereocenters. The third kappa shape index (κ3) is 6.48. The zero-order valence-corrected chi connectivity index (χ0v) is 24.6. The van der Waals surface area contributed by atoms with Crippen LogP contribution in [0, 0.1) is 3.57 Å². The topological polar surface area (TPSA) is 95.3 Å². The van der Waals surface area contributed by atoms with E-state index in [0.717, 1.165) is 25.8 Å². The largest absolute Gasteiger partial charge is 0.490 e. The molecule has 1 aromatic heterocycles. The second-order valence-electron chi connectivity index (χ2n) is 7.83. The van der Waals surface area contributed by atoms with Crippen LogP contribution in [0.25, 0.3) is 6.08 Å². The number of thioether (sulfide) groups is 1. The molecule has 2 amide bonds. The first-order chi connectivity index (χ1) is 18.2. The van der Waals surface area contributed by atoms with Crippen molar-refractivity contribution in [3.8, 4) is 11.5 Å². The summed E-state index contributed by atoms with van der Waals surface area (Å²) in [4.78, 5) is 38.5. The van der Waals surface area contributed by atoms with Crippen LogP contribution in [0.15, 0.2) is 51.8 Å². The summed E-state index contributed by atoms with van der Waals surface area (Å²) in [5.74, 6) is 0.201. The van der Waals surface area contributed by atoms with Gasteiger partial charge in [0.15, 0.2) is 11.5 Å². The second kappa shape index (κ2) is 12.5. The number of imide groups is 1. The highest BCUT2D eigenvalue weighted by atomic mass is 127. The summed E-state index contributed by atoms with van der Waals surface area (Å²) in [6.45, 7) is 2.39. The summed E-state index contributed by atoms with van der Waals surface area (Å²) in [5.41, 5.74) is 1.50. The number of carbonyl (C=O) groups excluding carboxylic acids is 3. The number of methoxy groups -OCH3 is 1. The van der Waals surface area contributed by atoms with E-state index >= 15 is 0 Å². The molecule has 0 N–H and O–H groups in total. The van der Waals surface area contributed by atoms with Crippen molar-refractivity contribution in [1.29, 1.82) is 0 Å². The van der Waals surface area contributed by atoms with Gasteiger partial charge in [0, 0.05) is 0 Å². The highest BCUT2D eigenvalue weighted by Gasteiger charge is 2.36. The molecule has 38 heavy (non-hydrogen) atoms. The zero-order valence-electron chi connectivity index (χ0n) is 20.1. The number of halogens is 3. The molecule has 2 aromatic carbocycles. The highest BCUT2D eigenvalue weighted by molar-refractivity contribution is 14.1. The number of nitrogens with zero attached hydrogens (tertiary/aromatic N) is 1. The van der Waals surface area contributed by atoms with Gasteiger partial charge in [-0.3, -0.25) is 14.5 Å². The maximum atomic E-state index is 13.0. The summed E-state index contributed by atoms with van der Waals surface area (Å²) >= 11 is 15.0. The van der Waals surface area contributed by atoms with Gasteiger partial charge in [0.05, 0.1) is 38.8 Å². The molecule has 1 fully saturated rings. The van der Waals surface area contributed by atoms with Crippen LogP contribution in [0.5, 0.6) is 11.5 Å². The summed E-state index contributed by atoms with van der Waals surface area (Å²) < 4.78 is 22.6. The van der Waals surface area contributed by atoms with E-state index < -0.39 is 17.1 Å². The van der Waals surface area contributed by atoms with Crippen LogP contribution in [0.1, 0.15) is 34.4 Å². The van der Waals surface area contributed by atoms with Gasteiger partial charge in [-0.2, -0.15) is 0 Å². The molecule has 198 valence electrons. The van der Waals surface area contributed by atoms with Crippen molar-refractivity contribution >= 4 is 80.7 Å². The second-order valence-corrected chi connectivity index (χ2v) is 10.8. The third-order valence-electron chi connectivity index (χ3n) is 5.23. The Labute approximate surface area is 246 Å².